The van der Waals surface area contributed by atoms with Gasteiger partial charge < -0.3 is 15.2 Å². The molecule has 1 aromatic carbocycles. The number of methoxy groups -OCH3 is 1. The SMILES string of the molecule is COc1cc(C(C)C)c(Oc2cnc(N)nc2Cl)cc1C. The molecule has 0 atom stereocenters. The molecule has 0 radical (unpaired) electrons. The monoisotopic (exact) mass is 307 g/mol. The number of benzene rings is 1. The Kier molecular flexibility index (Phi) is 4.53. The van der Waals surface area contributed by atoms with Gasteiger partial charge in [-0.05, 0) is 30.5 Å². The molecule has 0 saturated carbocycles. The zero-order valence-electron chi connectivity index (χ0n) is 12.5. The van der Waals surface area contributed by atoms with Gasteiger partial charge in [-0.25, -0.2) is 4.98 Å². The minimum absolute atomic E-state index is 0.113. The average molecular weight is 308 g/mol. The highest BCUT2D eigenvalue weighted by atomic mass is 35.5. The summed E-state index contributed by atoms with van der Waals surface area (Å²) in [6.07, 6.45) is 1.47. The van der Waals surface area contributed by atoms with E-state index in [-0.39, 0.29) is 17.0 Å². The molecule has 0 fully saturated rings. The van der Waals surface area contributed by atoms with Crippen LogP contribution in [-0.4, -0.2) is 17.1 Å². The Balaban J connectivity index is 2.45. The zero-order chi connectivity index (χ0) is 15.6. The lowest BCUT2D eigenvalue weighted by atomic mass is 10.00. The number of rotatable bonds is 4. The van der Waals surface area contributed by atoms with Crippen LogP contribution < -0.4 is 15.2 Å². The molecule has 112 valence electrons. The minimum atomic E-state index is 0.113. The highest BCUT2D eigenvalue weighted by Gasteiger charge is 2.15. The van der Waals surface area contributed by atoms with Crippen molar-refractivity contribution in [2.75, 3.05) is 12.8 Å². The predicted octanol–water partition coefficient (Wildman–Crippen LogP) is 3.94. The number of nitrogens with two attached hydrogens (primary N) is 1. The van der Waals surface area contributed by atoms with E-state index in [1.54, 1.807) is 7.11 Å². The van der Waals surface area contributed by atoms with E-state index in [1.165, 1.54) is 6.20 Å². The van der Waals surface area contributed by atoms with Crippen molar-refractivity contribution >= 4 is 17.5 Å². The summed E-state index contributed by atoms with van der Waals surface area (Å²) in [6.45, 7) is 6.12. The average Bonchev–Trinajstić information content (AvgIpc) is 2.41. The van der Waals surface area contributed by atoms with Gasteiger partial charge in [-0.1, -0.05) is 25.4 Å². The molecule has 0 aliphatic rings. The smallest absolute Gasteiger partial charge is 0.221 e. The van der Waals surface area contributed by atoms with E-state index >= 15 is 0 Å². The summed E-state index contributed by atoms with van der Waals surface area (Å²) < 4.78 is 11.2. The van der Waals surface area contributed by atoms with Crippen LogP contribution in [0.4, 0.5) is 5.95 Å². The Morgan fingerprint density at radius 2 is 1.90 bits per heavy atom. The Bertz CT molecular complexity index is 660. The number of aromatic nitrogens is 2. The summed E-state index contributed by atoms with van der Waals surface area (Å²) in [5.41, 5.74) is 7.48. The van der Waals surface area contributed by atoms with Crippen molar-refractivity contribution < 1.29 is 9.47 Å². The lowest BCUT2D eigenvalue weighted by Crippen LogP contribution is -2.00. The fourth-order valence-corrected chi connectivity index (χ4v) is 2.16. The number of ether oxygens (including phenoxy) is 2. The summed E-state index contributed by atoms with van der Waals surface area (Å²) >= 11 is 6.03. The first-order chi connectivity index (χ1) is 9.92. The first-order valence-electron chi connectivity index (χ1n) is 6.56. The van der Waals surface area contributed by atoms with Crippen LogP contribution >= 0.6 is 11.6 Å². The fraction of sp³-hybridized carbons (Fsp3) is 0.333. The second kappa shape index (κ2) is 6.18. The van der Waals surface area contributed by atoms with E-state index in [0.29, 0.717) is 11.5 Å². The van der Waals surface area contributed by atoms with Gasteiger partial charge in [0.2, 0.25) is 5.95 Å². The quantitative estimate of drug-likeness (QED) is 0.866. The predicted molar refractivity (Wildman–Crippen MR) is 83.3 cm³/mol. The maximum absolute atomic E-state index is 6.03. The van der Waals surface area contributed by atoms with Crippen molar-refractivity contribution in [2.24, 2.45) is 0 Å². The third-order valence-electron chi connectivity index (χ3n) is 3.10. The van der Waals surface area contributed by atoms with Crippen molar-refractivity contribution in [1.29, 1.82) is 0 Å². The van der Waals surface area contributed by atoms with Crippen LogP contribution in [0.2, 0.25) is 5.15 Å². The number of halogens is 1. The maximum atomic E-state index is 6.03. The van der Waals surface area contributed by atoms with Crippen LogP contribution in [0.25, 0.3) is 0 Å². The van der Waals surface area contributed by atoms with Crippen LogP contribution in [0.5, 0.6) is 17.2 Å². The van der Waals surface area contributed by atoms with Gasteiger partial charge in [0, 0.05) is 5.56 Å². The van der Waals surface area contributed by atoms with E-state index in [4.69, 9.17) is 26.8 Å². The van der Waals surface area contributed by atoms with Gasteiger partial charge in [0.25, 0.3) is 0 Å². The minimum Gasteiger partial charge on any atom is -0.496 e. The largest absolute Gasteiger partial charge is 0.496 e. The Morgan fingerprint density at radius 3 is 2.48 bits per heavy atom. The van der Waals surface area contributed by atoms with Crippen molar-refractivity contribution in [3.05, 3.63) is 34.6 Å². The van der Waals surface area contributed by atoms with E-state index in [2.05, 4.69) is 23.8 Å². The molecule has 0 aliphatic heterocycles. The molecule has 1 heterocycles. The molecule has 0 bridgehead atoms. The van der Waals surface area contributed by atoms with Crippen molar-refractivity contribution in [3.8, 4) is 17.2 Å². The molecular formula is C15H18ClN3O2. The second-order valence-corrected chi connectivity index (χ2v) is 5.36. The molecule has 2 aromatic rings. The second-order valence-electron chi connectivity index (χ2n) is 5.00. The van der Waals surface area contributed by atoms with Crippen molar-refractivity contribution in [3.63, 3.8) is 0 Å². The zero-order valence-corrected chi connectivity index (χ0v) is 13.2. The summed E-state index contributed by atoms with van der Waals surface area (Å²) in [5, 5.41) is 0.186. The molecule has 6 heteroatoms. The van der Waals surface area contributed by atoms with Gasteiger partial charge >= 0.3 is 0 Å². The van der Waals surface area contributed by atoms with E-state index in [9.17, 15) is 0 Å². The number of nitrogen functional groups attached to an aromatic ring is 1. The lowest BCUT2D eigenvalue weighted by Gasteiger charge is -2.17. The third-order valence-corrected chi connectivity index (χ3v) is 3.37. The summed E-state index contributed by atoms with van der Waals surface area (Å²) in [4.78, 5) is 7.78. The highest BCUT2D eigenvalue weighted by molar-refractivity contribution is 6.30. The van der Waals surface area contributed by atoms with E-state index in [1.807, 2.05) is 19.1 Å². The summed E-state index contributed by atoms with van der Waals surface area (Å²) in [6, 6.07) is 3.89. The molecule has 2 N–H and O–H groups in total. The molecule has 0 amide bonds. The molecule has 0 spiro atoms. The summed E-state index contributed by atoms with van der Waals surface area (Å²) in [7, 11) is 1.65. The van der Waals surface area contributed by atoms with Crippen LogP contribution in [0.1, 0.15) is 30.9 Å². The van der Waals surface area contributed by atoms with Crippen LogP contribution in [0, 0.1) is 6.92 Å². The summed E-state index contributed by atoms with van der Waals surface area (Å²) in [5.74, 6) is 2.28. The van der Waals surface area contributed by atoms with Gasteiger partial charge in [0.1, 0.15) is 11.5 Å². The number of hydrogen-bond acceptors (Lipinski definition) is 5. The molecular weight excluding hydrogens is 290 g/mol. The maximum Gasteiger partial charge on any atom is 0.221 e. The number of anilines is 1. The molecule has 0 aliphatic carbocycles. The molecule has 0 unspecified atom stereocenters. The standard InChI is InChI=1S/C15H18ClN3O2/c1-8(2)10-6-11(20-4)9(3)5-12(10)21-13-7-18-15(17)19-14(13)16/h5-8H,1-4H3,(H2,17,18,19). The van der Waals surface area contributed by atoms with Gasteiger partial charge in [0.15, 0.2) is 10.9 Å². The first-order valence-corrected chi connectivity index (χ1v) is 6.94. The van der Waals surface area contributed by atoms with Crippen LogP contribution in [0.15, 0.2) is 18.3 Å². The van der Waals surface area contributed by atoms with Gasteiger partial charge in [-0.15, -0.1) is 0 Å². The van der Waals surface area contributed by atoms with Crippen molar-refractivity contribution in [1.82, 2.24) is 9.97 Å². The lowest BCUT2D eigenvalue weighted by molar-refractivity contribution is 0.407. The normalized spacial score (nSPS) is 10.8. The first kappa shape index (κ1) is 15.4. The third kappa shape index (κ3) is 3.36. The van der Waals surface area contributed by atoms with Crippen LogP contribution in [0.3, 0.4) is 0 Å². The molecule has 5 nitrogen and oxygen atoms in total. The van der Waals surface area contributed by atoms with E-state index < -0.39 is 0 Å². The Morgan fingerprint density at radius 1 is 1.19 bits per heavy atom. The van der Waals surface area contributed by atoms with Gasteiger partial charge in [-0.2, -0.15) is 4.98 Å². The molecule has 1 aromatic heterocycles. The number of nitrogens with zero attached hydrogens (tertiary/aromatic N) is 2. The highest BCUT2D eigenvalue weighted by Crippen LogP contribution is 2.37. The molecule has 0 saturated heterocycles. The van der Waals surface area contributed by atoms with Gasteiger partial charge in [0.05, 0.1) is 13.3 Å². The Labute approximate surface area is 129 Å². The number of hydrogen-bond donors (Lipinski definition) is 1. The number of aryl methyl sites for hydroxylation is 1. The van der Waals surface area contributed by atoms with Gasteiger partial charge in [-0.3, -0.25) is 0 Å². The van der Waals surface area contributed by atoms with Crippen LogP contribution in [-0.2, 0) is 0 Å². The van der Waals surface area contributed by atoms with E-state index in [0.717, 1.165) is 16.9 Å². The Hall–Kier alpha value is -2.01. The topological polar surface area (TPSA) is 70.3 Å². The fourth-order valence-electron chi connectivity index (χ4n) is 1.99. The van der Waals surface area contributed by atoms with Crippen molar-refractivity contribution in [2.45, 2.75) is 26.7 Å². The molecule has 2 rings (SSSR count). The molecule has 21 heavy (non-hydrogen) atoms.